The number of rotatable bonds is 53. The molecule has 0 aromatic carbocycles. The van der Waals surface area contributed by atoms with Gasteiger partial charge in [-0.2, -0.15) is 0 Å². The Morgan fingerprint density at radius 3 is 1.18 bits per heavy atom. The SMILES string of the molecule is CCCCCC/C=C\C/C=C\CCCCCCCC(=O)OCCCCCC/C=C\CCCCCCCCCC(=O)NC(CO)C(O)/C=C/CCCCCCCCCCCCCCCCCC. The molecule has 0 spiro atoms. The molecule has 1 amide bonds. The lowest BCUT2D eigenvalue weighted by Crippen LogP contribution is -2.45. The van der Waals surface area contributed by atoms with E-state index in [-0.39, 0.29) is 18.5 Å². The van der Waals surface area contributed by atoms with Crippen LogP contribution >= 0.6 is 0 Å². The van der Waals surface area contributed by atoms with Gasteiger partial charge in [0.15, 0.2) is 0 Å². The molecule has 0 heterocycles. The molecule has 0 aromatic heterocycles. The van der Waals surface area contributed by atoms with Crippen LogP contribution in [0.1, 0.15) is 296 Å². The Morgan fingerprint density at radius 1 is 0.424 bits per heavy atom. The third-order valence-corrected chi connectivity index (χ3v) is 13.1. The van der Waals surface area contributed by atoms with Crippen LogP contribution in [0.3, 0.4) is 0 Å². The summed E-state index contributed by atoms with van der Waals surface area (Å²) in [4.78, 5) is 24.5. The van der Waals surface area contributed by atoms with Gasteiger partial charge in [-0.25, -0.2) is 0 Å². The summed E-state index contributed by atoms with van der Waals surface area (Å²) in [5.41, 5.74) is 0. The van der Waals surface area contributed by atoms with Crippen LogP contribution in [0.4, 0.5) is 0 Å². The van der Waals surface area contributed by atoms with Gasteiger partial charge in [0.1, 0.15) is 0 Å². The van der Waals surface area contributed by atoms with Crippen molar-refractivity contribution in [2.24, 2.45) is 0 Å². The highest BCUT2D eigenvalue weighted by Gasteiger charge is 2.18. The molecular formula is C60H111NO5. The van der Waals surface area contributed by atoms with Gasteiger partial charge in [0, 0.05) is 12.8 Å². The molecule has 6 heteroatoms. The Morgan fingerprint density at radius 2 is 0.758 bits per heavy atom. The first-order valence-corrected chi connectivity index (χ1v) is 28.9. The number of carbonyl (C=O) groups excluding carboxylic acids is 2. The van der Waals surface area contributed by atoms with Crippen LogP contribution in [0.2, 0.25) is 0 Å². The van der Waals surface area contributed by atoms with Gasteiger partial charge >= 0.3 is 5.97 Å². The molecule has 0 saturated carbocycles. The molecule has 0 fully saturated rings. The van der Waals surface area contributed by atoms with Gasteiger partial charge in [0.05, 0.1) is 25.4 Å². The Bertz CT molecular complexity index is 1110. The zero-order valence-electron chi connectivity index (χ0n) is 43.9. The number of aliphatic hydroxyl groups is 2. The van der Waals surface area contributed by atoms with Crippen molar-refractivity contribution < 1.29 is 24.5 Å². The largest absolute Gasteiger partial charge is 0.466 e. The molecule has 0 aliphatic rings. The fourth-order valence-electron chi connectivity index (χ4n) is 8.60. The maximum atomic E-state index is 12.5. The van der Waals surface area contributed by atoms with Gasteiger partial charge in [-0.15, -0.1) is 0 Å². The first-order valence-electron chi connectivity index (χ1n) is 28.9. The van der Waals surface area contributed by atoms with E-state index in [0.717, 1.165) is 83.5 Å². The lowest BCUT2D eigenvalue weighted by Gasteiger charge is -2.20. The highest BCUT2D eigenvalue weighted by atomic mass is 16.5. The number of aliphatic hydroxyl groups excluding tert-OH is 2. The van der Waals surface area contributed by atoms with Crippen molar-refractivity contribution in [1.82, 2.24) is 5.32 Å². The first kappa shape index (κ1) is 63.8. The Labute approximate surface area is 410 Å². The molecule has 0 aliphatic heterocycles. The molecule has 6 nitrogen and oxygen atoms in total. The maximum Gasteiger partial charge on any atom is 0.305 e. The van der Waals surface area contributed by atoms with Crippen LogP contribution < -0.4 is 5.32 Å². The van der Waals surface area contributed by atoms with E-state index in [0.29, 0.717) is 19.4 Å². The summed E-state index contributed by atoms with van der Waals surface area (Å²) in [5.74, 6) is -0.108. The van der Waals surface area contributed by atoms with Gasteiger partial charge in [-0.3, -0.25) is 9.59 Å². The number of nitrogens with one attached hydrogen (secondary N) is 1. The van der Waals surface area contributed by atoms with E-state index in [1.165, 1.54) is 186 Å². The lowest BCUT2D eigenvalue weighted by molar-refractivity contribution is -0.143. The molecule has 0 aliphatic carbocycles. The number of unbranched alkanes of at least 4 members (excludes halogenated alkanes) is 36. The summed E-state index contributed by atoms with van der Waals surface area (Å²) in [5, 5.41) is 23.1. The second-order valence-corrected chi connectivity index (χ2v) is 19.6. The highest BCUT2D eigenvalue weighted by molar-refractivity contribution is 5.76. The molecule has 0 bridgehead atoms. The van der Waals surface area contributed by atoms with Crippen molar-refractivity contribution in [2.75, 3.05) is 13.2 Å². The average Bonchev–Trinajstić information content (AvgIpc) is 3.32. The minimum absolute atomic E-state index is 0.0250. The lowest BCUT2D eigenvalue weighted by atomic mass is 10.0. The quantitative estimate of drug-likeness (QED) is 0.0321. The summed E-state index contributed by atoms with van der Waals surface area (Å²) in [7, 11) is 0. The number of esters is 1. The summed E-state index contributed by atoms with van der Waals surface area (Å²) >= 11 is 0. The van der Waals surface area contributed by atoms with Crippen molar-refractivity contribution in [3.8, 4) is 0 Å². The van der Waals surface area contributed by atoms with E-state index >= 15 is 0 Å². The predicted molar refractivity (Wildman–Crippen MR) is 287 cm³/mol. The van der Waals surface area contributed by atoms with Crippen LogP contribution in [0, 0.1) is 0 Å². The molecule has 3 N–H and O–H groups in total. The zero-order chi connectivity index (χ0) is 47.9. The number of carbonyl (C=O) groups is 2. The van der Waals surface area contributed by atoms with Crippen LogP contribution in [0.25, 0.3) is 0 Å². The third kappa shape index (κ3) is 51.2. The van der Waals surface area contributed by atoms with E-state index in [4.69, 9.17) is 4.74 Å². The summed E-state index contributed by atoms with van der Waals surface area (Å²) < 4.78 is 5.46. The van der Waals surface area contributed by atoms with Crippen LogP contribution in [0.15, 0.2) is 48.6 Å². The molecule has 66 heavy (non-hydrogen) atoms. The molecule has 2 atom stereocenters. The Balaban J connectivity index is 3.52. The van der Waals surface area contributed by atoms with Gasteiger partial charge in [0.2, 0.25) is 5.91 Å². The summed E-state index contributed by atoms with van der Waals surface area (Å²) in [6.45, 7) is 4.85. The first-order chi connectivity index (χ1) is 32.5. The standard InChI is InChI=1S/C60H111NO5/c1-3-5-7-9-11-13-15-17-19-21-22-24-28-32-36-40-44-48-52-58(63)57(56-62)61-59(64)53-49-45-41-37-33-29-25-23-27-31-35-39-43-47-51-55-66-60(65)54-50-46-42-38-34-30-26-20-18-16-14-12-10-8-6-4-2/h14,16,20,26-27,31,48,52,57-58,62-63H,3-13,15,17-19,21-25,28-30,32-47,49-51,53-56H2,1-2H3,(H,61,64)/b16-14-,26-20-,31-27-,52-48+. The van der Waals surface area contributed by atoms with E-state index in [9.17, 15) is 19.8 Å². The zero-order valence-corrected chi connectivity index (χ0v) is 43.9. The second kappa shape index (κ2) is 55.4. The van der Waals surface area contributed by atoms with Crippen molar-refractivity contribution in [1.29, 1.82) is 0 Å². The van der Waals surface area contributed by atoms with Crippen LogP contribution in [-0.4, -0.2) is 47.4 Å². The van der Waals surface area contributed by atoms with Crippen molar-refractivity contribution >= 4 is 11.9 Å². The number of hydrogen-bond donors (Lipinski definition) is 3. The van der Waals surface area contributed by atoms with Crippen molar-refractivity contribution in [3.63, 3.8) is 0 Å². The van der Waals surface area contributed by atoms with Crippen molar-refractivity contribution in [3.05, 3.63) is 48.6 Å². The highest BCUT2D eigenvalue weighted by Crippen LogP contribution is 2.16. The summed E-state index contributed by atoms with van der Waals surface area (Å²) in [6, 6.07) is -0.641. The van der Waals surface area contributed by atoms with E-state index in [1.54, 1.807) is 6.08 Å². The molecule has 2 unspecified atom stereocenters. The van der Waals surface area contributed by atoms with E-state index in [2.05, 4.69) is 55.6 Å². The van der Waals surface area contributed by atoms with Gasteiger partial charge < -0.3 is 20.3 Å². The monoisotopic (exact) mass is 926 g/mol. The fourth-order valence-corrected chi connectivity index (χ4v) is 8.60. The second-order valence-electron chi connectivity index (χ2n) is 19.6. The molecule has 0 aromatic rings. The number of ether oxygens (including phenoxy) is 1. The molecule has 0 saturated heterocycles. The maximum absolute atomic E-state index is 12.5. The van der Waals surface area contributed by atoms with E-state index < -0.39 is 12.1 Å². The number of allylic oxidation sites excluding steroid dienone is 7. The normalized spacial score (nSPS) is 13.0. The minimum Gasteiger partial charge on any atom is -0.466 e. The van der Waals surface area contributed by atoms with Gasteiger partial charge in [-0.1, -0.05) is 242 Å². The van der Waals surface area contributed by atoms with Gasteiger partial charge in [0.25, 0.3) is 0 Å². The number of hydrogen-bond acceptors (Lipinski definition) is 5. The molecule has 0 radical (unpaired) electrons. The van der Waals surface area contributed by atoms with Crippen LogP contribution in [0.5, 0.6) is 0 Å². The minimum atomic E-state index is -0.856. The molecular weight excluding hydrogens is 815 g/mol. The molecule has 0 rings (SSSR count). The third-order valence-electron chi connectivity index (χ3n) is 13.1. The average molecular weight is 927 g/mol. The van der Waals surface area contributed by atoms with Crippen molar-refractivity contribution in [2.45, 2.75) is 309 Å². The van der Waals surface area contributed by atoms with Crippen LogP contribution in [-0.2, 0) is 14.3 Å². The molecule has 386 valence electrons. The summed E-state index contributed by atoms with van der Waals surface area (Å²) in [6.07, 6.45) is 69.8. The fraction of sp³-hybridized carbons (Fsp3) is 0.833. The van der Waals surface area contributed by atoms with E-state index in [1.807, 2.05) is 6.08 Å². The van der Waals surface area contributed by atoms with Gasteiger partial charge in [-0.05, 0) is 89.9 Å². The predicted octanol–water partition coefficient (Wildman–Crippen LogP) is 17.8. The topological polar surface area (TPSA) is 95.9 Å². The Hall–Kier alpha value is -2.18. The smallest absolute Gasteiger partial charge is 0.305 e. The number of amides is 1. The Kier molecular flexibility index (Phi) is 53.6.